The fraction of sp³-hybridized carbons (Fsp3) is 0.111. The molecule has 0 saturated heterocycles. The highest BCUT2D eigenvalue weighted by Gasteiger charge is 2.16. The van der Waals surface area contributed by atoms with Gasteiger partial charge in [0.2, 0.25) is 11.8 Å². The normalized spacial score (nSPS) is 10.1. The van der Waals surface area contributed by atoms with Crippen LogP contribution in [-0.4, -0.2) is 30.5 Å². The van der Waals surface area contributed by atoms with Crippen LogP contribution in [-0.2, 0) is 4.79 Å². The van der Waals surface area contributed by atoms with Crippen molar-refractivity contribution in [3.05, 3.63) is 64.2 Å². The lowest BCUT2D eigenvalue weighted by Crippen LogP contribution is -2.23. The molecule has 0 unspecified atom stereocenters. The molecule has 3 amide bonds. The van der Waals surface area contributed by atoms with Gasteiger partial charge in [-0.15, -0.1) is 0 Å². The molecule has 7 nitrogen and oxygen atoms in total. The van der Waals surface area contributed by atoms with E-state index in [1.807, 2.05) is 0 Å². The molecular formula is C18H17ClN4O3. The summed E-state index contributed by atoms with van der Waals surface area (Å²) in [6.45, 7) is 0. The van der Waals surface area contributed by atoms with Crippen molar-refractivity contribution in [3.63, 3.8) is 0 Å². The Labute approximate surface area is 155 Å². The number of halogens is 1. The van der Waals surface area contributed by atoms with Crippen LogP contribution in [0, 0.1) is 5.41 Å². The molecule has 2 aromatic carbocycles. The predicted molar refractivity (Wildman–Crippen MR) is 99.9 cm³/mol. The third-order valence-corrected chi connectivity index (χ3v) is 3.91. The highest BCUT2D eigenvalue weighted by molar-refractivity contribution is 6.34. The van der Waals surface area contributed by atoms with E-state index in [9.17, 15) is 14.4 Å². The van der Waals surface area contributed by atoms with Gasteiger partial charge in [0.05, 0.1) is 17.0 Å². The first-order chi connectivity index (χ1) is 12.3. The Hall–Kier alpha value is -3.19. The Bertz CT molecular complexity index is 896. The minimum Gasteiger partial charge on any atom is -0.366 e. The topological polar surface area (TPSA) is 125 Å². The van der Waals surface area contributed by atoms with E-state index in [0.717, 1.165) is 0 Å². The van der Waals surface area contributed by atoms with Crippen LogP contribution in [0.25, 0.3) is 0 Å². The molecule has 0 heterocycles. The third kappa shape index (κ3) is 4.46. The zero-order valence-electron chi connectivity index (χ0n) is 13.9. The molecule has 0 aromatic heterocycles. The van der Waals surface area contributed by atoms with Crippen LogP contribution in [0.3, 0.4) is 0 Å². The number of hydrogen-bond donors (Lipinski definition) is 4. The number of rotatable bonds is 6. The van der Waals surface area contributed by atoms with Gasteiger partial charge in [0, 0.05) is 29.6 Å². The van der Waals surface area contributed by atoms with Gasteiger partial charge < -0.3 is 21.8 Å². The summed E-state index contributed by atoms with van der Waals surface area (Å²) in [7, 11) is 1.49. The van der Waals surface area contributed by atoms with Crippen LogP contribution in [0.2, 0.25) is 5.02 Å². The Morgan fingerprint density at radius 3 is 2.35 bits per heavy atom. The number of carbonyl (C=O) groups is 3. The summed E-state index contributed by atoms with van der Waals surface area (Å²) in [5, 5.41) is 13.4. The van der Waals surface area contributed by atoms with Crippen LogP contribution in [0.15, 0.2) is 42.5 Å². The van der Waals surface area contributed by atoms with Crippen LogP contribution in [0.5, 0.6) is 0 Å². The maximum atomic E-state index is 12.2. The van der Waals surface area contributed by atoms with Crippen molar-refractivity contribution in [3.8, 4) is 0 Å². The smallest absolute Gasteiger partial charge is 0.251 e. The largest absolute Gasteiger partial charge is 0.366 e. The van der Waals surface area contributed by atoms with Crippen molar-refractivity contribution < 1.29 is 14.4 Å². The van der Waals surface area contributed by atoms with Crippen LogP contribution < -0.4 is 16.4 Å². The molecular weight excluding hydrogens is 356 g/mol. The molecule has 0 atom stereocenters. The van der Waals surface area contributed by atoms with Crippen molar-refractivity contribution in [1.29, 1.82) is 5.41 Å². The van der Waals surface area contributed by atoms with Crippen LogP contribution in [0.4, 0.5) is 5.69 Å². The highest BCUT2D eigenvalue weighted by Crippen LogP contribution is 2.20. The fourth-order valence-corrected chi connectivity index (χ4v) is 2.54. The molecule has 26 heavy (non-hydrogen) atoms. The number of benzene rings is 2. The number of hydrogen-bond acceptors (Lipinski definition) is 4. The summed E-state index contributed by atoms with van der Waals surface area (Å²) in [5.74, 6) is -1.52. The third-order valence-electron chi connectivity index (χ3n) is 3.58. The average Bonchev–Trinajstić information content (AvgIpc) is 2.62. The number of carbonyl (C=O) groups excluding carboxylic acids is 3. The molecule has 0 radical (unpaired) electrons. The lowest BCUT2D eigenvalue weighted by molar-refractivity contribution is -0.115. The van der Waals surface area contributed by atoms with Gasteiger partial charge in [0.1, 0.15) is 0 Å². The monoisotopic (exact) mass is 372 g/mol. The van der Waals surface area contributed by atoms with E-state index >= 15 is 0 Å². The molecule has 5 N–H and O–H groups in total. The molecule has 2 aromatic rings. The van der Waals surface area contributed by atoms with Crippen molar-refractivity contribution in [1.82, 2.24) is 5.32 Å². The number of anilines is 1. The van der Waals surface area contributed by atoms with Crippen molar-refractivity contribution in [2.45, 2.75) is 6.42 Å². The Morgan fingerprint density at radius 2 is 1.73 bits per heavy atom. The number of nitrogens with two attached hydrogens (primary N) is 1. The fourth-order valence-electron chi connectivity index (χ4n) is 2.33. The quantitative estimate of drug-likeness (QED) is 0.580. The van der Waals surface area contributed by atoms with Gasteiger partial charge in [-0.2, -0.15) is 0 Å². The second kappa shape index (κ2) is 8.26. The molecule has 134 valence electrons. The molecule has 0 saturated carbocycles. The van der Waals surface area contributed by atoms with E-state index in [0.29, 0.717) is 16.8 Å². The summed E-state index contributed by atoms with van der Waals surface area (Å²) in [4.78, 5) is 35.4. The molecule has 0 aliphatic carbocycles. The average molecular weight is 373 g/mol. The van der Waals surface area contributed by atoms with E-state index in [-0.39, 0.29) is 28.6 Å². The van der Waals surface area contributed by atoms with Crippen molar-refractivity contribution in [2.24, 2.45) is 5.73 Å². The number of primary amides is 1. The lowest BCUT2D eigenvalue weighted by atomic mass is 10.00. The maximum Gasteiger partial charge on any atom is 0.251 e. The molecule has 8 heteroatoms. The number of amides is 3. The summed E-state index contributed by atoms with van der Waals surface area (Å²) < 4.78 is 0. The minimum atomic E-state index is -0.710. The van der Waals surface area contributed by atoms with Gasteiger partial charge in [0.15, 0.2) is 0 Å². The first-order valence-electron chi connectivity index (χ1n) is 7.61. The van der Waals surface area contributed by atoms with Gasteiger partial charge in [0.25, 0.3) is 5.91 Å². The molecule has 0 spiro atoms. The van der Waals surface area contributed by atoms with E-state index in [4.69, 9.17) is 22.7 Å². The first kappa shape index (κ1) is 19.1. The Kier molecular flexibility index (Phi) is 6.08. The highest BCUT2D eigenvalue weighted by atomic mass is 35.5. The van der Waals surface area contributed by atoms with Crippen LogP contribution >= 0.6 is 11.6 Å². The molecule has 0 aliphatic heterocycles. The van der Waals surface area contributed by atoms with Gasteiger partial charge in [-0.3, -0.25) is 14.4 Å². The van der Waals surface area contributed by atoms with Crippen molar-refractivity contribution >= 4 is 40.7 Å². The molecule has 0 fully saturated rings. The molecule has 0 aliphatic rings. The van der Waals surface area contributed by atoms with E-state index in [1.165, 1.54) is 25.2 Å². The van der Waals surface area contributed by atoms with E-state index < -0.39 is 11.8 Å². The van der Waals surface area contributed by atoms with Crippen molar-refractivity contribution in [2.75, 3.05) is 12.4 Å². The second-order valence-corrected chi connectivity index (χ2v) is 5.79. The number of nitrogens with one attached hydrogen (secondary N) is 3. The van der Waals surface area contributed by atoms with Gasteiger partial charge in [-0.1, -0.05) is 29.8 Å². The Morgan fingerprint density at radius 1 is 1.08 bits per heavy atom. The standard InChI is InChI=1S/C18H17ClN4O3/c1-22-18(26)12-5-3-2-4-11(12)15(20)9-16(24)23-10-6-7-14(19)13(8-10)17(21)25/h2-8,20H,9H2,1H3,(H2,21,25)(H,22,26)(H,23,24). The zero-order chi connectivity index (χ0) is 19.3. The summed E-state index contributed by atoms with van der Waals surface area (Å²) in [6, 6.07) is 10.9. The second-order valence-electron chi connectivity index (χ2n) is 5.39. The predicted octanol–water partition coefficient (Wildman–Crippen LogP) is 2.20. The van der Waals surface area contributed by atoms with E-state index in [2.05, 4.69) is 10.6 Å². The Balaban J connectivity index is 2.14. The van der Waals surface area contributed by atoms with Gasteiger partial charge >= 0.3 is 0 Å². The molecule has 0 bridgehead atoms. The first-order valence-corrected chi connectivity index (χ1v) is 7.99. The van der Waals surface area contributed by atoms with Crippen LogP contribution in [0.1, 0.15) is 32.7 Å². The SMILES string of the molecule is CNC(=O)c1ccccc1C(=N)CC(=O)Nc1ccc(Cl)c(C(N)=O)c1. The van der Waals surface area contributed by atoms with E-state index in [1.54, 1.807) is 24.3 Å². The van der Waals surface area contributed by atoms with Gasteiger partial charge in [-0.05, 0) is 24.3 Å². The summed E-state index contributed by atoms with van der Waals surface area (Å²) in [5.41, 5.74) is 6.32. The lowest BCUT2D eigenvalue weighted by Gasteiger charge is -2.11. The zero-order valence-corrected chi connectivity index (χ0v) is 14.7. The summed E-state index contributed by atoms with van der Waals surface area (Å²) in [6.07, 6.45) is -0.247. The van der Waals surface area contributed by atoms with Gasteiger partial charge in [-0.25, -0.2) is 0 Å². The summed E-state index contributed by atoms with van der Waals surface area (Å²) >= 11 is 5.87. The molecule has 2 rings (SSSR count). The minimum absolute atomic E-state index is 0.00853. The maximum absolute atomic E-state index is 12.2.